The molecule has 0 saturated heterocycles. The molecule has 4 heteroatoms. The third-order valence-electron chi connectivity index (χ3n) is 2.94. The number of aryl methyl sites for hydroxylation is 2. The van der Waals surface area contributed by atoms with Crippen LogP contribution < -0.4 is 5.73 Å². The van der Waals surface area contributed by atoms with E-state index in [-0.39, 0.29) is 0 Å². The number of carbonyl (C=O) groups is 1. The van der Waals surface area contributed by atoms with Crippen molar-refractivity contribution in [1.29, 1.82) is 0 Å². The second-order valence-electron chi connectivity index (χ2n) is 4.33. The standard InChI is InChI=1S/C14H17N3O/c1-3-4-13-16-7-8-17(13)11-5-6-12(14(15)18)10(2)9-11/h5-9H,3-4H2,1-2H3,(H2,15,18). The van der Waals surface area contributed by atoms with E-state index in [0.29, 0.717) is 5.56 Å². The van der Waals surface area contributed by atoms with E-state index in [0.717, 1.165) is 29.9 Å². The number of aromatic nitrogens is 2. The van der Waals surface area contributed by atoms with Gasteiger partial charge < -0.3 is 10.3 Å². The Bertz CT molecular complexity index is 572. The lowest BCUT2D eigenvalue weighted by molar-refractivity contribution is 0.1000. The zero-order valence-electron chi connectivity index (χ0n) is 10.7. The first kappa shape index (κ1) is 12.4. The lowest BCUT2D eigenvalue weighted by Gasteiger charge is -2.09. The maximum Gasteiger partial charge on any atom is 0.248 e. The van der Waals surface area contributed by atoms with E-state index in [1.165, 1.54) is 0 Å². The molecule has 0 aliphatic rings. The Morgan fingerprint density at radius 1 is 1.44 bits per heavy atom. The molecule has 0 atom stereocenters. The minimum Gasteiger partial charge on any atom is -0.366 e. The molecule has 1 heterocycles. The molecule has 0 aliphatic carbocycles. The predicted molar refractivity (Wildman–Crippen MR) is 70.8 cm³/mol. The Morgan fingerprint density at radius 3 is 2.83 bits per heavy atom. The highest BCUT2D eigenvalue weighted by molar-refractivity contribution is 5.94. The fraction of sp³-hybridized carbons (Fsp3) is 0.286. The average molecular weight is 243 g/mol. The molecule has 2 aromatic rings. The van der Waals surface area contributed by atoms with Crippen molar-refractivity contribution >= 4 is 5.91 Å². The highest BCUT2D eigenvalue weighted by Gasteiger charge is 2.08. The summed E-state index contributed by atoms with van der Waals surface area (Å²) in [6, 6.07) is 5.62. The summed E-state index contributed by atoms with van der Waals surface area (Å²) >= 11 is 0. The summed E-state index contributed by atoms with van der Waals surface area (Å²) < 4.78 is 2.04. The lowest BCUT2D eigenvalue weighted by atomic mass is 10.1. The number of nitrogens with two attached hydrogens (primary N) is 1. The zero-order chi connectivity index (χ0) is 13.1. The van der Waals surface area contributed by atoms with Gasteiger partial charge in [0.25, 0.3) is 0 Å². The minimum atomic E-state index is -0.390. The van der Waals surface area contributed by atoms with Crippen LogP contribution in [0.3, 0.4) is 0 Å². The molecular formula is C14H17N3O. The number of rotatable bonds is 4. The van der Waals surface area contributed by atoms with E-state index in [4.69, 9.17) is 5.73 Å². The van der Waals surface area contributed by atoms with Gasteiger partial charge in [0.15, 0.2) is 0 Å². The monoisotopic (exact) mass is 243 g/mol. The van der Waals surface area contributed by atoms with Crippen LogP contribution in [0.2, 0.25) is 0 Å². The molecule has 0 spiro atoms. The fourth-order valence-electron chi connectivity index (χ4n) is 2.05. The lowest BCUT2D eigenvalue weighted by Crippen LogP contribution is -2.13. The highest BCUT2D eigenvalue weighted by Crippen LogP contribution is 2.16. The number of benzene rings is 1. The van der Waals surface area contributed by atoms with Gasteiger partial charge in [-0.15, -0.1) is 0 Å². The molecule has 2 rings (SSSR count). The van der Waals surface area contributed by atoms with Gasteiger partial charge in [0, 0.05) is 30.1 Å². The average Bonchev–Trinajstić information content (AvgIpc) is 2.77. The number of hydrogen-bond donors (Lipinski definition) is 1. The van der Waals surface area contributed by atoms with Crippen molar-refractivity contribution in [3.8, 4) is 5.69 Å². The van der Waals surface area contributed by atoms with Gasteiger partial charge in [-0.1, -0.05) is 6.92 Å². The second kappa shape index (κ2) is 5.04. The molecule has 0 unspecified atom stereocenters. The molecule has 18 heavy (non-hydrogen) atoms. The van der Waals surface area contributed by atoms with Gasteiger partial charge in [-0.3, -0.25) is 4.79 Å². The molecule has 2 N–H and O–H groups in total. The van der Waals surface area contributed by atoms with Crippen LogP contribution >= 0.6 is 0 Å². The summed E-state index contributed by atoms with van der Waals surface area (Å²) in [6.07, 6.45) is 5.71. The summed E-state index contributed by atoms with van der Waals surface area (Å²) in [7, 11) is 0. The molecular weight excluding hydrogens is 226 g/mol. The summed E-state index contributed by atoms with van der Waals surface area (Å²) in [4.78, 5) is 15.5. The Balaban J connectivity index is 2.42. The molecule has 0 saturated carbocycles. The van der Waals surface area contributed by atoms with Gasteiger partial charge in [-0.05, 0) is 37.1 Å². The van der Waals surface area contributed by atoms with Gasteiger partial charge in [0.05, 0.1) is 0 Å². The maximum atomic E-state index is 11.2. The number of nitrogens with zero attached hydrogens (tertiary/aromatic N) is 2. The van der Waals surface area contributed by atoms with Gasteiger partial charge in [0.1, 0.15) is 5.82 Å². The predicted octanol–water partition coefficient (Wildman–Crippen LogP) is 2.23. The SMILES string of the molecule is CCCc1nccn1-c1ccc(C(N)=O)c(C)c1. The number of hydrogen-bond acceptors (Lipinski definition) is 2. The molecule has 0 fully saturated rings. The summed E-state index contributed by atoms with van der Waals surface area (Å²) in [5.74, 6) is 0.641. The first-order valence-corrected chi connectivity index (χ1v) is 6.06. The molecule has 1 aromatic carbocycles. The van der Waals surface area contributed by atoms with E-state index in [1.54, 1.807) is 12.3 Å². The smallest absolute Gasteiger partial charge is 0.248 e. The Labute approximate surface area is 106 Å². The Morgan fingerprint density at radius 2 is 2.22 bits per heavy atom. The Hall–Kier alpha value is -2.10. The first-order chi connectivity index (χ1) is 8.63. The van der Waals surface area contributed by atoms with Crippen LogP contribution in [-0.4, -0.2) is 15.5 Å². The van der Waals surface area contributed by atoms with Crippen LogP contribution in [0, 0.1) is 6.92 Å². The van der Waals surface area contributed by atoms with Crippen LogP contribution in [-0.2, 0) is 6.42 Å². The van der Waals surface area contributed by atoms with Gasteiger partial charge in [0.2, 0.25) is 5.91 Å². The van der Waals surface area contributed by atoms with Gasteiger partial charge >= 0.3 is 0 Å². The van der Waals surface area contributed by atoms with E-state index < -0.39 is 5.91 Å². The van der Waals surface area contributed by atoms with Crippen LogP contribution in [0.25, 0.3) is 5.69 Å². The van der Waals surface area contributed by atoms with Crippen molar-refractivity contribution in [2.24, 2.45) is 5.73 Å². The molecule has 1 amide bonds. The van der Waals surface area contributed by atoms with Gasteiger partial charge in [-0.25, -0.2) is 4.98 Å². The molecule has 1 aromatic heterocycles. The van der Waals surface area contributed by atoms with Crippen molar-refractivity contribution in [1.82, 2.24) is 9.55 Å². The third kappa shape index (κ3) is 2.27. The van der Waals surface area contributed by atoms with E-state index in [2.05, 4.69) is 11.9 Å². The van der Waals surface area contributed by atoms with Crippen LogP contribution in [0.4, 0.5) is 0 Å². The zero-order valence-corrected chi connectivity index (χ0v) is 10.7. The van der Waals surface area contributed by atoms with Crippen LogP contribution in [0.15, 0.2) is 30.6 Å². The minimum absolute atomic E-state index is 0.390. The molecule has 94 valence electrons. The normalized spacial score (nSPS) is 10.6. The molecule has 0 radical (unpaired) electrons. The van der Waals surface area contributed by atoms with E-state index in [9.17, 15) is 4.79 Å². The van der Waals surface area contributed by atoms with Crippen molar-refractivity contribution in [2.75, 3.05) is 0 Å². The van der Waals surface area contributed by atoms with Gasteiger partial charge in [-0.2, -0.15) is 0 Å². The molecule has 0 bridgehead atoms. The van der Waals surface area contributed by atoms with Crippen molar-refractivity contribution < 1.29 is 4.79 Å². The first-order valence-electron chi connectivity index (χ1n) is 6.06. The largest absolute Gasteiger partial charge is 0.366 e. The number of carbonyl (C=O) groups excluding carboxylic acids is 1. The fourth-order valence-corrected chi connectivity index (χ4v) is 2.05. The van der Waals surface area contributed by atoms with Crippen LogP contribution in [0.5, 0.6) is 0 Å². The summed E-state index contributed by atoms with van der Waals surface area (Å²) in [5, 5.41) is 0. The van der Waals surface area contributed by atoms with Crippen molar-refractivity contribution in [3.05, 3.63) is 47.5 Å². The van der Waals surface area contributed by atoms with E-state index >= 15 is 0 Å². The molecule has 4 nitrogen and oxygen atoms in total. The molecule has 0 aliphatic heterocycles. The third-order valence-corrected chi connectivity index (χ3v) is 2.94. The van der Waals surface area contributed by atoms with Crippen molar-refractivity contribution in [3.63, 3.8) is 0 Å². The topological polar surface area (TPSA) is 60.9 Å². The highest BCUT2D eigenvalue weighted by atomic mass is 16.1. The summed E-state index contributed by atoms with van der Waals surface area (Å²) in [5.41, 5.74) is 7.77. The number of primary amides is 1. The number of imidazole rings is 1. The number of amides is 1. The van der Waals surface area contributed by atoms with Crippen molar-refractivity contribution in [2.45, 2.75) is 26.7 Å². The van der Waals surface area contributed by atoms with Crippen LogP contribution in [0.1, 0.15) is 35.1 Å². The maximum absolute atomic E-state index is 11.2. The quantitative estimate of drug-likeness (QED) is 0.895. The second-order valence-corrected chi connectivity index (χ2v) is 4.33. The van der Waals surface area contributed by atoms with E-state index in [1.807, 2.05) is 29.8 Å². The Kier molecular flexibility index (Phi) is 3.46. The summed E-state index contributed by atoms with van der Waals surface area (Å²) in [6.45, 7) is 4.01.